The molecule has 0 atom stereocenters. The number of hydrogen-bond acceptors (Lipinski definition) is 4. The third kappa shape index (κ3) is 6.51. The Hall–Kier alpha value is -1.58. The van der Waals surface area contributed by atoms with Crippen LogP contribution in [-0.4, -0.2) is 39.4 Å². The van der Waals surface area contributed by atoms with Crippen molar-refractivity contribution in [1.29, 1.82) is 0 Å². The van der Waals surface area contributed by atoms with Gasteiger partial charge in [-0.2, -0.15) is 5.10 Å². The number of nitrogens with zero attached hydrogens (tertiary/aromatic N) is 5. The lowest BCUT2D eigenvalue weighted by Gasteiger charge is -2.22. The molecule has 0 spiro atoms. The van der Waals surface area contributed by atoms with Crippen LogP contribution in [0, 0.1) is 0 Å². The van der Waals surface area contributed by atoms with E-state index < -0.39 is 0 Å². The van der Waals surface area contributed by atoms with E-state index in [1.807, 2.05) is 24.8 Å². The summed E-state index contributed by atoms with van der Waals surface area (Å²) < 4.78 is 7.27. The molecule has 27 heavy (non-hydrogen) atoms. The molecule has 0 aliphatic carbocycles. The summed E-state index contributed by atoms with van der Waals surface area (Å²) in [5, 5.41) is 12.0. The Labute approximate surface area is 179 Å². The van der Waals surface area contributed by atoms with Crippen molar-refractivity contribution in [3.8, 4) is 0 Å². The molecule has 0 aliphatic heterocycles. The molecule has 0 radical (unpaired) electrons. The molecule has 152 valence electrons. The first-order valence-corrected chi connectivity index (χ1v) is 9.29. The molecular formula is C19H33IN6O. The molecular weight excluding hydrogens is 455 g/mol. The van der Waals surface area contributed by atoms with Gasteiger partial charge < -0.3 is 14.7 Å². The highest BCUT2D eigenvalue weighted by Gasteiger charge is 2.15. The topological polar surface area (TPSA) is 71.5 Å². The summed E-state index contributed by atoms with van der Waals surface area (Å²) in [5.74, 6) is 2.37. The van der Waals surface area contributed by atoms with Crippen LogP contribution in [0.4, 0.5) is 0 Å². The fraction of sp³-hybridized carbons (Fsp3) is 0.632. The smallest absolute Gasteiger partial charge is 0.194 e. The fourth-order valence-corrected chi connectivity index (χ4v) is 2.79. The minimum absolute atomic E-state index is 0. The van der Waals surface area contributed by atoms with Crippen molar-refractivity contribution in [2.24, 2.45) is 12.0 Å². The first kappa shape index (κ1) is 23.5. The van der Waals surface area contributed by atoms with Crippen LogP contribution >= 0.6 is 24.0 Å². The van der Waals surface area contributed by atoms with Crippen molar-refractivity contribution >= 4 is 29.9 Å². The summed E-state index contributed by atoms with van der Waals surface area (Å²) in [6, 6.07) is 1.98. The van der Waals surface area contributed by atoms with Crippen molar-refractivity contribution in [3.05, 3.63) is 35.0 Å². The highest BCUT2D eigenvalue weighted by molar-refractivity contribution is 14.0. The third-order valence-corrected chi connectivity index (χ3v) is 4.14. The van der Waals surface area contributed by atoms with Gasteiger partial charge in [0.2, 0.25) is 0 Å². The van der Waals surface area contributed by atoms with Crippen LogP contribution in [0.1, 0.15) is 69.2 Å². The van der Waals surface area contributed by atoms with Crippen molar-refractivity contribution in [2.45, 2.75) is 59.5 Å². The van der Waals surface area contributed by atoms with Gasteiger partial charge in [0.1, 0.15) is 6.54 Å². The van der Waals surface area contributed by atoms with Gasteiger partial charge in [-0.1, -0.05) is 32.9 Å². The summed E-state index contributed by atoms with van der Waals surface area (Å²) in [4.78, 5) is 6.82. The zero-order valence-electron chi connectivity index (χ0n) is 17.5. The lowest BCUT2D eigenvalue weighted by atomic mass is 10.1. The minimum Gasteiger partial charge on any atom is -0.359 e. The second kappa shape index (κ2) is 10.7. The first-order chi connectivity index (χ1) is 12.3. The third-order valence-electron chi connectivity index (χ3n) is 4.14. The van der Waals surface area contributed by atoms with Crippen LogP contribution in [-0.2, 0) is 20.1 Å². The van der Waals surface area contributed by atoms with E-state index in [0.29, 0.717) is 18.4 Å². The SMILES string of the molecule is CCNC(=NCc1cc(C(C)C)no1)N(C)Cc1cn(C)nc1C(C)C.I. The highest BCUT2D eigenvalue weighted by Crippen LogP contribution is 2.19. The molecule has 2 aromatic heterocycles. The molecule has 0 bridgehead atoms. The van der Waals surface area contributed by atoms with Gasteiger partial charge in [-0.3, -0.25) is 4.68 Å². The summed E-state index contributed by atoms with van der Waals surface area (Å²) in [5.41, 5.74) is 3.31. The second-order valence-corrected chi connectivity index (χ2v) is 7.27. The molecule has 7 nitrogen and oxygen atoms in total. The molecule has 0 saturated heterocycles. The molecule has 0 aliphatic rings. The van der Waals surface area contributed by atoms with Gasteiger partial charge in [-0.05, 0) is 18.8 Å². The second-order valence-electron chi connectivity index (χ2n) is 7.27. The molecule has 0 fully saturated rings. The van der Waals surface area contributed by atoms with Gasteiger partial charge in [0.25, 0.3) is 0 Å². The number of rotatable bonds is 7. The Kier molecular flexibility index (Phi) is 9.28. The zero-order chi connectivity index (χ0) is 19.3. The van der Waals surface area contributed by atoms with Crippen molar-refractivity contribution < 1.29 is 4.52 Å². The van der Waals surface area contributed by atoms with Crippen LogP contribution in [0.15, 0.2) is 21.8 Å². The van der Waals surface area contributed by atoms with E-state index in [2.05, 4.69) is 61.3 Å². The standard InChI is InChI=1S/C19H32N6O.HI/c1-8-20-19(21-10-16-9-17(13(2)3)23-26-16)24(6)11-15-12-25(7)22-18(15)14(4)5;/h9,12-14H,8,10-11H2,1-7H3,(H,20,21);1H. The molecule has 2 aromatic rings. The van der Waals surface area contributed by atoms with E-state index in [4.69, 9.17) is 9.52 Å². The average molecular weight is 488 g/mol. The number of aliphatic imine (C=N–C) groups is 1. The van der Waals surface area contributed by atoms with Gasteiger partial charge in [-0.25, -0.2) is 4.99 Å². The molecule has 0 aromatic carbocycles. The van der Waals surface area contributed by atoms with Gasteiger partial charge in [-0.15, -0.1) is 24.0 Å². The Morgan fingerprint density at radius 2 is 2.00 bits per heavy atom. The van der Waals surface area contributed by atoms with E-state index in [-0.39, 0.29) is 24.0 Å². The quantitative estimate of drug-likeness (QED) is 0.364. The van der Waals surface area contributed by atoms with Crippen molar-refractivity contribution in [2.75, 3.05) is 13.6 Å². The summed E-state index contributed by atoms with van der Waals surface area (Å²) in [6.45, 7) is 12.6. The number of guanidine groups is 1. The van der Waals surface area contributed by atoms with E-state index >= 15 is 0 Å². The molecule has 2 heterocycles. The molecule has 0 unspecified atom stereocenters. The van der Waals surface area contributed by atoms with Gasteiger partial charge in [0.05, 0.1) is 11.4 Å². The predicted molar refractivity (Wildman–Crippen MR) is 120 cm³/mol. The normalized spacial score (nSPS) is 11.8. The maximum atomic E-state index is 5.39. The van der Waals surface area contributed by atoms with Gasteiger partial charge in [0, 0.05) is 45.0 Å². The van der Waals surface area contributed by atoms with Crippen LogP contribution in [0.25, 0.3) is 0 Å². The molecule has 8 heteroatoms. The molecule has 2 rings (SSSR count). The molecule has 0 saturated carbocycles. The maximum absolute atomic E-state index is 5.39. The Morgan fingerprint density at radius 1 is 1.30 bits per heavy atom. The lowest BCUT2D eigenvalue weighted by molar-refractivity contribution is 0.375. The minimum atomic E-state index is 0. The molecule has 1 N–H and O–H groups in total. The van der Waals surface area contributed by atoms with E-state index in [0.717, 1.165) is 36.2 Å². The van der Waals surface area contributed by atoms with Crippen LogP contribution < -0.4 is 5.32 Å². The van der Waals surface area contributed by atoms with Crippen molar-refractivity contribution in [3.63, 3.8) is 0 Å². The number of nitrogens with one attached hydrogen (secondary N) is 1. The Balaban J connectivity index is 0.00000364. The monoisotopic (exact) mass is 488 g/mol. The van der Waals surface area contributed by atoms with Crippen LogP contribution in [0.3, 0.4) is 0 Å². The van der Waals surface area contributed by atoms with Crippen LogP contribution in [0.2, 0.25) is 0 Å². The number of halogens is 1. The van der Waals surface area contributed by atoms with Crippen LogP contribution in [0.5, 0.6) is 0 Å². The number of hydrogen-bond donors (Lipinski definition) is 1. The average Bonchev–Trinajstić information content (AvgIpc) is 3.18. The Morgan fingerprint density at radius 3 is 2.56 bits per heavy atom. The van der Waals surface area contributed by atoms with Crippen molar-refractivity contribution in [1.82, 2.24) is 25.2 Å². The van der Waals surface area contributed by atoms with E-state index in [1.165, 1.54) is 5.56 Å². The summed E-state index contributed by atoms with van der Waals surface area (Å²) in [6.07, 6.45) is 2.08. The summed E-state index contributed by atoms with van der Waals surface area (Å²) in [7, 11) is 4.00. The first-order valence-electron chi connectivity index (χ1n) is 9.29. The van der Waals surface area contributed by atoms with Gasteiger partial charge >= 0.3 is 0 Å². The highest BCUT2D eigenvalue weighted by atomic mass is 127. The van der Waals surface area contributed by atoms with E-state index in [9.17, 15) is 0 Å². The lowest BCUT2D eigenvalue weighted by Crippen LogP contribution is -2.38. The summed E-state index contributed by atoms with van der Waals surface area (Å²) >= 11 is 0. The Bertz CT molecular complexity index is 734. The number of aryl methyl sites for hydroxylation is 1. The van der Waals surface area contributed by atoms with E-state index in [1.54, 1.807) is 0 Å². The largest absolute Gasteiger partial charge is 0.359 e. The van der Waals surface area contributed by atoms with Gasteiger partial charge in [0.15, 0.2) is 11.7 Å². The molecule has 0 amide bonds. The fourth-order valence-electron chi connectivity index (χ4n) is 2.79. The maximum Gasteiger partial charge on any atom is 0.194 e. The number of aromatic nitrogens is 3. The zero-order valence-corrected chi connectivity index (χ0v) is 19.8. The predicted octanol–water partition coefficient (Wildman–Crippen LogP) is 3.87.